The van der Waals surface area contributed by atoms with E-state index in [0.29, 0.717) is 0 Å². The fraction of sp³-hybridized carbons (Fsp3) is 0.923. The summed E-state index contributed by atoms with van der Waals surface area (Å²) in [5.74, 6) is 0.887. The van der Waals surface area contributed by atoms with Gasteiger partial charge in [0, 0.05) is 33.4 Å². The third-order valence-electron chi connectivity index (χ3n) is 3.79. The maximum Gasteiger partial charge on any atom is 0.251 e. The number of ether oxygens (including phenoxy) is 2. The van der Waals surface area contributed by atoms with E-state index in [1.165, 1.54) is 0 Å². The van der Waals surface area contributed by atoms with Gasteiger partial charge in [0.1, 0.15) is 6.10 Å². The standard InChI is InChI=1S/C13H23NO3/c1-14(13(15)12-3-2-8-17-12)7-4-11-5-9-16-10-6-11/h11-12H,2-10H2,1H3. The fourth-order valence-corrected chi connectivity index (χ4v) is 2.54. The maximum absolute atomic E-state index is 12.0. The predicted octanol–water partition coefficient (Wildman–Crippen LogP) is 1.44. The van der Waals surface area contributed by atoms with Gasteiger partial charge in [-0.25, -0.2) is 0 Å². The average molecular weight is 241 g/mol. The number of rotatable bonds is 4. The molecule has 17 heavy (non-hydrogen) atoms. The van der Waals surface area contributed by atoms with Gasteiger partial charge in [0.15, 0.2) is 0 Å². The van der Waals surface area contributed by atoms with Crippen LogP contribution in [0.25, 0.3) is 0 Å². The molecule has 0 aromatic heterocycles. The first-order chi connectivity index (χ1) is 8.27. The van der Waals surface area contributed by atoms with E-state index >= 15 is 0 Å². The fourth-order valence-electron chi connectivity index (χ4n) is 2.54. The second-order valence-corrected chi connectivity index (χ2v) is 5.11. The summed E-state index contributed by atoms with van der Waals surface area (Å²) in [7, 11) is 1.89. The average Bonchev–Trinajstić information content (AvgIpc) is 2.90. The van der Waals surface area contributed by atoms with Crippen LogP contribution in [0.3, 0.4) is 0 Å². The van der Waals surface area contributed by atoms with Gasteiger partial charge < -0.3 is 14.4 Å². The minimum Gasteiger partial charge on any atom is -0.381 e. The van der Waals surface area contributed by atoms with Gasteiger partial charge >= 0.3 is 0 Å². The van der Waals surface area contributed by atoms with Crippen molar-refractivity contribution in [1.82, 2.24) is 4.90 Å². The van der Waals surface area contributed by atoms with E-state index in [9.17, 15) is 4.79 Å². The van der Waals surface area contributed by atoms with Crippen molar-refractivity contribution in [3.8, 4) is 0 Å². The Bertz CT molecular complexity index is 245. The molecule has 0 saturated carbocycles. The maximum atomic E-state index is 12.0. The zero-order valence-electron chi connectivity index (χ0n) is 10.7. The van der Waals surface area contributed by atoms with Crippen LogP contribution in [0.1, 0.15) is 32.1 Å². The molecular weight excluding hydrogens is 218 g/mol. The zero-order chi connectivity index (χ0) is 12.1. The van der Waals surface area contributed by atoms with E-state index in [1.54, 1.807) is 0 Å². The summed E-state index contributed by atoms with van der Waals surface area (Å²) in [6.07, 6.45) is 5.11. The molecule has 0 spiro atoms. The molecule has 0 aromatic rings. The lowest BCUT2D eigenvalue weighted by Crippen LogP contribution is -2.37. The van der Waals surface area contributed by atoms with Crippen molar-refractivity contribution in [3.05, 3.63) is 0 Å². The Morgan fingerprint density at radius 3 is 2.65 bits per heavy atom. The molecule has 1 atom stereocenters. The van der Waals surface area contributed by atoms with Crippen LogP contribution in [0.5, 0.6) is 0 Å². The van der Waals surface area contributed by atoms with Crippen LogP contribution in [-0.4, -0.2) is 50.3 Å². The molecule has 0 radical (unpaired) electrons. The topological polar surface area (TPSA) is 38.8 Å². The first-order valence-corrected chi connectivity index (χ1v) is 6.71. The highest BCUT2D eigenvalue weighted by molar-refractivity contribution is 5.80. The Hall–Kier alpha value is -0.610. The molecule has 2 heterocycles. The lowest BCUT2D eigenvalue weighted by Gasteiger charge is -2.26. The normalized spacial score (nSPS) is 26.1. The minimum absolute atomic E-state index is 0.162. The first-order valence-electron chi connectivity index (χ1n) is 6.71. The monoisotopic (exact) mass is 241 g/mol. The second-order valence-electron chi connectivity index (χ2n) is 5.11. The van der Waals surface area contributed by atoms with Crippen molar-refractivity contribution < 1.29 is 14.3 Å². The summed E-state index contributed by atoms with van der Waals surface area (Å²) < 4.78 is 10.8. The molecule has 2 rings (SSSR count). The number of carbonyl (C=O) groups excluding carboxylic acids is 1. The van der Waals surface area contributed by atoms with Gasteiger partial charge in [0.2, 0.25) is 0 Å². The van der Waals surface area contributed by atoms with Crippen LogP contribution < -0.4 is 0 Å². The van der Waals surface area contributed by atoms with E-state index in [0.717, 1.165) is 64.4 Å². The van der Waals surface area contributed by atoms with Crippen LogP contribution in [0, 0.1) is 5.92 Å². The summed E-state index contributed by atoms with van der Waals surface area (Å²) in [5.41, 5.74) is 0. The van der Waals surface area contributed by atoms with E-state index in [4.69, 9.17) is 9.47 Å². The van der Waals surface area contributed by atoms with Crippen molar-refractivity contribution in [3.63, 3.8) is 0 Å². The van der Waals surface area contributed by atoms with E-state index < -0.39 is 0 Å². The Morgan fingerprint density at radius 1 is 1.24 bits per heavy atom. The molecule has 2 aliphatic rings. The number of amides is 1. The van der Waals surface area contributed by atoms with Gasteiger partial charge in [-0.2, -0.15) is 0 Å². The Morgan fingerprint density at radius 2 is 2.00 bits per heavy atom. The Kier molecular flexibility index (Phi) is 4.80. The van der Waals surface area contributed by atoms with E-state index in [2.05, 4.69) is 0 Å². The van der Waals surface area contributed by atoms with Gasteiger partial charge in [-0.1, -0.05) is 0 Å². The molecule has 0 bridgehead atoms. The quantitative estimate of drug-likeness (QED) is 0.747. The van der Waals surface area contributed by atoms with Crippen LogP contribution in [-0.2, 0) is 14.3 Å². The molecule has 1 amide bonds. The number of likely N-dealkylation sites (N-methyl/N-ethyl adjacent to an activating group) is 1. The predicted molar refractivity (Wildman–Crippen MR) is 64.8 cm³/mol. The van der Waals surface area contributed by atoms with Gasteiger partial charge in [0.05, 0.1) is 0 Å². The number of hydrogen-bond acceptors (Lipinski definition) is 3. The van der Waals surface area contributed by atoms with Crippen molar-refractivity contribution in [2.45, 2.75) is 38.2 Å². The number of nitrogens with zero attached hydrogens (tertiary/aromatic N) is 1. The van der Waals surface area contributed by atoms with Gasteiger partial charge in [-0.3, -0.25) is 4.79 Å². The largest absolute Gasteiger partial charge is 0.381 e. The SMILES string of the molecule is CN(CCC1CCOCC1)C(=O)C1CCCO1. The lowest BCUT2D eigenvalue weighted by molar-refractivity contribution is -0.139. The molecule has 2 aliphatic heterocycles. The molecule has 2 fully saturated rings. The molecule has 98 valence electrons. The van der Waals surface area contributed by atoms with Crippen LogP contribution in [0.15, 0.2) is 0 Å². The van der Waals surface area contributed by atoms with Gasteiger partial charge in [0.25, 0.3) is 5.91 Å². The molecule has 4 heteroatoms. The second kappa shape index (κ2) is 6.36. The lowest BCUT2D eigenvalue weighted by atomic mass is 9.96. The smallest absolute Gasteiger partial charge is 0.251 e. The highest BCUT2D eigenvalue weighted by atomic mass is 16.5. The third kappa shape index (κ3) is 3.68. The molecule has 0 aliphatic carbocycles. The summed E-state index contributed by atoms with van der Waals surface area (Å²) in [6.45, 7) is 3.36. The summed E-state index contributed by atoms with van der Waals surface area (Å²) in [4.78, 5) is 13.8. The van der Waals surface area contributed by atoms with Crippen LogP contribution >= 0.6 is 0 Å². The van der Waals surface area contributed by atoms with Crippen LogP contribution in [0.4, 0.5) is 0 Å². The highest BCUT2D eigenvalue weighted by Gasteiger charge is 2.26. The van der Waals surface area contributed by atoms with Gasteiger partial charge in [-0.15, -0.1) is 0 Å². The van der Waals surface area contributed by atoms with Gasteiger partial charge in [-0.05, 0) is 38.0 Å². The first kappa shape index (κ1) is 12.8. The Labute approximate surface area is 103 Å². The Balaban J connectivity index is 1.68. The molecule has 0 aromatic carbocycles. The van der Waals surface area contributed by atoms with Crippen LogP contribution in [0.2, 0.25) is 0 Å². The molecule has 1 unspecified atom stereocenters. The van der Waals surface area contributed by atoms with E-state index in [-0.39, 0.29) is 12.0 Å². The highest BCUT2D eigenvalue weighted by Crippen LogP contribution is 2.19. The van der Waals surface area contributed by atoms with Crippen molar-refractivity contribution in [2.24, 2.45) is 5.92 Å². The number of carbonyl (C=O) groups is 1. The molecule has 2 saturated heterocycles. The summed E-state index contributed by atoms with van der Waals surface area (Å²) in [5, 5.41) is 0. The zero-order valence-corrected chi connectivity index (χ0v) is 10.7. The molecular formula is C13H23NO3. The third-order valence-corrected chi connectivity index (χ3v) is 3.79. The number of hydrogen-bond donors (Lipinski definition) is 0. The van der Waals surface area contributed by atoms with E-state index in [1.807, 2.05) is 11.9 Å². The van der Waals surface area contributed by atoms with Crippen molar-refractivity contribution in [2.75, 3.05) is 33.4 Å². The molecule has 0 N–H and O–H groups in total. The summed E-state index contributed by atoms with van der Waals surface area (Å²) >= 11 is 0. The van der Waals surface area contributed by atoms with Crippen molar-refractivity contribution in [1.29, 1.82) is 0 Å². The molecule has 4 nitrogen and oxygen atoms in total. The minimum atomic E-state index is -0.172. The van der Waals surface area contributed by atoms with Crippen molar-refractivity contribution >= 4 is 5.91 Å². The summed E-state index contributed by atoms with van der Waals surface area (Å²) in [6, 6.07) is 0.